The van der Waals surface area contributed by atoms with Gasteiger partial charge in [0.15, 0.2) is 0 Å². The zero-order valence-corrected chi connectivity index (χ0v) is 11.9. The maximum absolute atomic E-state index is 5.94. The second-order valence-corrected chi connectivity index (χ2v) is 5.81. The van der Waals surface area contributed by atoms with Gasteiger partial charge in [0.1, 0.15) is 5.82 Å². The average molecular weight is 304 g/mol. The topological polar surface area (TPSA) is 16.1 Å². The second-order valence-electron chi connectivity index (χ2n) is 4.62. The van der Waals surface area contributed by atoms with Crippen LogP contribution in [0.4, 0.5) is 5.82 Å². The SMILES string of the molecule is CC1CC1CN(C)c1ncc(Br)cc1CCl. The third-order valence-corrected chi connectivity index (χ3v) is 3.92. The molecular weight excluding hydrogens is 288 g/mol. The lowest BCUT2D eigenvalue weighted by Crippen LogP contribution is -2.22. The highest BCUT2D eigenvalue weighted by Gasteiger charge is 2.33. The van der Waals surface area contributed by atoms with Gasteiger partial charge in [-0.3, -0.25) is 0 Å². The molecule has 0 aromatic carbocycles. The first-order chi connectivity index (χ1) is 7.61. The number of anilines is 1. The zero-order valence-electron chi connectivity index (χ0n) is 9.58. The summed E-state index contributed by atoms with van der Waals surface area (Å²) in [4.78, 5) is 6.67. The van der Waals surface area contributed by atoms with Gasteiger partial charge in [-0.15, -0.1) is 11.6 Å². The standard InChI is InChI=1S/C12H16BrClN2/c1-8-3-10(8)7-16(2)12-9(5-14)4-11(13)6-15-12/h4,6,8,10H,3,5,7H2,1-2H3. The van der Waals surface area contributed by atoms with Crippen LogP contribution < -0.4 is 4.90 Å². The second kappa shape index (κ2) is 4.92. The number of hydrogen-bond acceptors (Lipinski definition) is 2. The quantitative estimate of drug-likeness (QED) is 0.789. The summed E-state index contributed by atoms with van der Waals surface area (Å²) in [5.41, 5.74) is 1.09. The van der Waals surface area contributed by atoms with Crippen molar-refractivity contribution in [1.82, 2.24) is 4.98 Å². The number of halogens is 2. The number of rotatable bonds is 4. The van der Waals surface area contributed by atoms with Gasteiger partial charge in [-0.05, 0) is 40.3 Å². The lowest BCUT2D eigenvalue weighted by atomic mass is 10.2. The molecular formula is C12H16BrClN2. The van der Waals surface area contributed by atoms with Crippen molar-refractivity contribution >= 4 is 33.3 Å². The molecule has 0 amide bonds. The van der Waals surface area contributed by atoms with Gasteiger partial charge in [0, 0.05) is 29.8 Å². The lowest BCUT2D eigenvalue weighted by molar-refractivity contribution is 0.717. The molecule has 2 unspecified atom stereocenters. The minimum Gasteiger partial charge on any atom is -0.359 e. The molecule has 1 aromatic heterocycles. The van der Waals surface area contributed by atoms with E-state index in [1.54, 1.807) is 0 Å². The maximum atomic E-state index is 5.94. The minimum absolute atomic E-state index is 0.506. The highest BCUT2D eigenvalue weighted by molar-refractivity contribution is 9.10. The molecule has 2 nitrogen and oxygen atoms in total. The molecule has 0 aliphatic heterocycles. The Balaban J connectivity index is 2.12. The maximum Gasteiger partial charge on any atom is 0.132 e. The molecule has 88 valence electrons. The average Bonchev–Trinajstić information content (AvgIpc) is 2.93. The normalized spacial score (nSPS) is 23.2. The summed E-state index contributed by atoms with van der Waals surface area (Å²) >= 11 is 9.36. The van der Waals surface area contributed by atoms with Gasteiger partial charge >= 0.3 is 0 Å². The number of nitrogens with zero attached hydrogens (tertiary/aromatic N) is 2. The molecule has 0 spiro atoms. The minimum atomic E-state index is 0.506. The van der Waals surface area contributed by atoms with E-state index in [9.17, 15) is 0 Å². The largest absolute Gasteiger partial charge is 0.359 e. The zero-order chi connectivity index (χ0) is 11.7. The van der Waals surface area contributed by atoms with Crippen molar-refractivity contribution in [2.75, 3.05) is 18.5 Å². The van der Waals surface area contributed by atoms with Gasteiger partial charge in [-0.1, -0.05) is 6.92 Å². The Kier molecular flexibility index (Phi) is 3.75. The smallest absolute Gasteiger partial charge is 0.132 e. The van der Waals surface area contributed by atoms with Crippen molar-refractivity contribution in [3.63, 3.8) is 0 Å². The van der Waals surface area contributed by atoms with Crippen molar-refractivity contribution in [2.24, 2.45) is 11.8 Å². The first-order valence-electron chi connectivity index (χ1n) is 5.53. The van der Waals surface area contributed by atoms with Gasteiger partial charge in [0.25, 0.3) is 0 Å². The third-order valence-electron chi connectivity index (χ3n) is 3.20. The van der Waals surface area contributed by atoms with Crippen LogP contribution >= 0.6 is 27.5 Å². The Morgan fingerprint density at radius 3 is 2.88 bits per heavy atom. The molecule has 1 aliphatic carbocycles. The summed E-state index contributed by atoms with van der Waals surface area (Å²) in [6.45, 7) is 3.38. The monoisotopic (exact) mass is 302 g/mol. The van der Waals surface area contributed by atoms with Crippen molar-refractivity contribution in [3.8, 4) is 0 Å². The van der Waals surface area contributed by atoms with E-state index in [-0.39, 0.29) is 0 Å². The third kappa shape index (κ3) is 2.69. The Morgan fingerprint density at radius 2 is 2.31 bits per heavy atom. The van der Waals surface area contributed by atoms with E-state index in [2.05, 4.69) is 39.8 Å². The Morgan fingerprint density at radius 1 is 1.62 bits per heavy atom. The van der Waals surface area contributed by atoms with E-state index in [0.717, 1.165) is 34.2 Å². The van der Waals surface area contributed by atoms with Gasteiger partial charge in [0.05, 0.1) is 5.88 Å². The lowest BCUT2D eigenvalue weighted by Gasteiger charge is -2.20. The highest BCUT2D eigenvalue weighted by atomic mass is 79.9. The predicted octanol–water partition coefficient (Wildman–Crippen LogP) is 3.68. The van der Waals surface area contributed by atoms with Crippen LogP contribution in [0, 0.1) is 11.8 Å². The van der Waals surface area contributed by atoms with Crippen LogP contribution in [0.1, 0.15) is 18.9 Å². The highest BCUT2D eigenvalue weighted by Crippen LogP contribution is 2.38. The van der Waals surface area contributed by atoms with E-state index in [1.807, 2.05) is 12.3 Å². The summed E-state index contributed by atoms with van der Waals surface area (Å²) in [5, 5.41) is 0. The van der Waals surface area contributed by atoms with Gasteiger partial charge in [0.2, 0.25) is 0 Å². The molecule has 16 heavy (non-hydrogen) atoms. The molecule has 1 saturated carbocycles. The molecule has 2 atom stereocenters. The van der Waals surface area contributed by atoms with E-state index >= 15 is 0 Å². The number of alkyl halides is 1. The Labute approximate surface area is 110 Å². The van der Waals surface area contributed by atoms with Crippen molar-refractivity contribution in [1.29, 1.82) is 0 Å². The van der Waals surface area contributed by atoms with Gasteiger partial charge in [-0.2, -0.15) is 0 Å². The molecule has 1 heterocycles. The molecule has 1 fully saturated rings. The van der Waals surface area contributed by atoms with Crippen LogP contribution in [-0.4, -0.2) is 18.6 Å². The summed E-state index contributed by atoms with van der Waals surface area (Å²) in [5.74, 6) is 3.22. The molecule has 4 heteroatoms. The van der Waals surface area contributed by atoms with E-state index in [1.165, 1.54) is 6.42 Å². The summed E-state index contributed by atoms with van der Waals surface area (Å²) in [6.07, 6.45) is 3.18. The van der Waals surface area contributed by atoms with Crippen LogP contribution in [0.2, 0.25) is 0 Å². The van der Waals surface area contributed by atoms with Crippen molar-refractivity contribution < 1.29 is 0 Å². The summed E-state index contributed by atoms with van der Waals surface area (Å²) in [7, 11) is 2.09. The Hall–Kier alpha value is -0.280. The van der Waals surface area contributed by atoms with Gasteiger partial charge in [-0.25, -0.2) is 4.98 Å². The van der Waals surface area contributed by atoms with Crippen LogP contribution in [-0.2, 0) is 5.88 Å². The number of hydrogen-bond donors (Lipinski definition) is 0. The first kappa shape index (κ1) is 12.2. The summed E-state index contributed by atoms with van der Waals surface area (Å²) < 4.78 is 0.986. The molecule has 0 saturated heterocycles. The molecule has 0 bridgehead atoms. The van der Waals surface area contributed by atoms with Crippen LogP contribution in [0.25, 0.3) is 0 Å². The fourth-order valence-electron chi connectivity index (χ4n) is 2.01. The molecule has 2 rings (SSSR count). The molecule has 0 radical (unpaired) electrons. The van der Waals surface area contributed by atoms with E-state index in [0.29, 0.717) is 5.88 Å². The van der Waals surface area contributed by atoms with Crippen molar-refractivity contribution in [2.45, 2.75) is 19.2 Å². The molecule has 1 aliphatic rings. The van der Waals surface area contributed by atoms with Gasteiger partial charge < -0.3 is 4.90 Å². The number of aromatic nitrogens is 1. The summed E-state index contributed by atoms with van der Waals surface area (Å²) in [6, 6.07) is 2.04. The van der Waals surface area contributed by atoms with Crippen molar-refractivity contribution in [3.05, 3.63) is 22.3 Å². The predicted molar refractivity (Wildman–Crippen MR) is 72.0 cm³/mol. The van der Waals surface area contributed by atoms with Crippen LogP contribution in [0.5, 0.6) is 0 Å². The van der Waals surface area contributed by atoms with E-state index < -0.39 is 0 Å². The molecule has 0 N–H and O–H groups in total. The number of pyridine rings is 1. The van der Waals surface area contributed by atoms with Crippen LogP contribution in [0.3, 0.4) is 0 Å². The van der Waals surface area contributed by atoms with E-state index in [4.69, 9.17) is 11.6 Å². The fourth-order valence-corrected chi connectivity index (χ4v) is 2.58. The Bertz CT molecular complexity index is 383. The van der Waals surface area contributed by atoms with Crippen LogP contribution in [0.15, 0.2) is 16.7 Å². The molecule has 1 aromatic rings. The fraction of sp³-hybridized carbons (Fsp3) is 0.583. The first-order valence-corrected chi connectivity index (χ1v) is 6.86.